The maximum atomic E-state index is 12.4. The molecule has 1 aliphatic heterocycles. The van der Waals surface area contributed by atoms with Gasteiger partial charge in [-0.3, -0.25) is 4.79 Å². The van der Waals surface area contributed by atoms with Gasteiger partial charge in [0, 0.05) is 24.2 Å². The molecule has 1 fully saturated rings. The average molecular weight is 273 g/mol. The SMILES string of the molecule is Cc1cc(C#CCO)cc(C(=O)N2CCC(C)(O)C2)c1. The molecule has 1 unspecified atom stereocenters. The fraction of sp³-hybridized carbons (Fsp3) is 0.438. The lowest BCUT2D eigenvalue weighted by atomic mass is 10.1. The summed E-state index contributed by atoms with van der Waals surface area (Å²) in [5.41, 5.74) is 1.45. The standard InChI is InChI=1S/C16H19NO3/c1-12-8-13(4-3-7-18)10-14(9-12)15(19)17-6-5-16(2,20)11-17/h8-10,18,20H,5-7,11H2,1-2H3. The molecule has 1 aromatic carbocycles. The Bertz CT molecular complexity index is 581. The van der Waals surface area contributed by atoms with Crippen LogP contribution in [-0.4, -0.2) is 46.3 Å². The lowest BCUT2D eigenvalue weighted by Crippen LogP contribution is -2.33. The van der Waals surface area contributed by atoms with Gasteiger partial charge in [0.15, 0.2) is 0 Å². The Labute approximate surface area is 119 Å². The molecule has 0 bridgehead atoms. The fourth-order valence-corrected chi connectivity index (χ4v) is 2.42. The summed E-state index contributed by atoms with van der Waals surface area (Å²) in [7, 11) is 0. The van der Waals surface area contributed by atoms with Crippen molar-refractivity contribution in [3.8, 4) is 11.8 Å². The lowest BCUT2D eigenvalue weighted by Gasteiger charge is -2.19. The number of aryl methyl sites for hydroxylation is 1. The van der Waals surface area contributed by atoms with Crippen LogP contribution in [0.5, 0.6) is 0 Å². The van der Waals surface area contributed by atoms with Gasteiger partial charge < -0.3 is 15.1 Å². The highest BCUT2D eigenvalue weighted by molar-refractivity contribution is 5.95. The van der Waals surface area contributed by atoms with E-state index in [0.29, 0.717) is 30.6 Å². The molecular weight excluding hydrogens is 254 g/mol. The summed E-state index contributed by atoms with van der Waals surface area (Å²) in [6.07, 6.45) is 0.599. The maximum Gasteiger partial charge on any atom is 0.254 e. The second-order valence-electron chi connectivity index (χ2n) is 5.52. The molecule has 1 aliphatic rings. The third kappa shape index (κ3) is 3.38. The molecule has 0 saturated carbocycles. The molecule has 1 saturated heterocycles. The summed E-state index contributed by atoms with van der Waals surface area (Å²) in [6, 6.07) is 5.42. The van der Waals surface area contributed by atoms with Crippen LogP contribution >= 0.6 is 0 Å². The minimum atomic E-state index is -0.793. The molecule has 1 amide bonds. The highest BCUT2D eigenvalue weighted by Crippen LogP contribution is 2.22. The number of benzene rings is 1. The van der Waals surface area contributed by atoms with Crippen molar-refractivity contribution in [2.75, 3.05) is 19.7 Å². The van der Waals surface area contributed by atoms with E-state index in [-0.39, 0.29) is 12.5 Å². The number of aliphatic hydroxyl groups is 2. The van der Waals surface area contributed by atoms with Crippen LogP contribution in [0.25, 0.3) is 0 Å². The van der Waals surface area contributed by atoms with Crippen molar-refractivity contribution in [3.63, 3.8) is 0 Å². The van der Waals surface area contributed by atoms with Crippen LogP contribution in [0, 0.1) is 18.8 Å². The van der Waals surface area contributed by atoms with Crippen LogP contribution in [0.3, 0.4) is 0 Å². The van der Waals surface area contributed by atoms with Gasteiger partial charge in [-0.15, -0.1) is 0 Å². The van der Waals surface area contributed by atoms with Gasteiger partial charge in [0.05, 0.1) is 5.60 Å². The molecule has 106 valence electrons. The Morgan fingerprint density at radius 1 is 1.45 bits per heavy atom. The number of rotatable bonds is 1. The van der Waals surface area contributed by atoms with Crippen molar-refractivity contribution in [3.05, 3.63) is 34.9 Å². The van der Waals surface area contributed by atoms with Crippen LogP contribution in [-0.2, 0) is 0 Å². The number of β-amino-alcohol motifs (C(OH)–C–C–N with tert-alkyl or cyclic N) is 1. The minimum absolute atomic E-state index is 0.0847. The number of nitrogens with zero attached hydrogens (tertiary/aromatic N) is 1. The number of hydrogen-bond donors (Lipinski definition) is 2. The zero-order valence-electron chi connectivity index (χ0n) is 11.8. The Kier molecular flexibility index (Phi) is 4.12. The molecule has 0 aliphatic carbocycles. The topological polar surface area (TPSA) is 60.8 Å². The van der Waals surface area contributed by atoms with Gasteiger partial charge in [0.1, 0.15) is 6.61 Å². The first-order valence-corrected chi connectivity index (χ1v) is 6.64. The van der Waals surface area contributed by atoms with Crippen molar-refractivity contribution in [2.45, 2.75) is 25.9 Å². The van der Waals surface area contributed by atoms with E-state index in [1.165, 1.54) is 0 Å². The molecule has 4 heteroatoms. The monoisotopic (exact) mass is 273 g/mol. The quantitative estimate of drug-likeness (QED) is 0.749. The zero-order chi connectivity index (χ0) is 14.8. The number of likely N-dealkylation sites (tertiary alicyclic amines) is 1. The molecule has 0 radical (unpaired) electrons. The molecule has 0 spiro atoms. The van der Waals surface area contributed by atoms with Gasteiger partial charge in [-0.05, 0) is 44.0 Å². The first-order valence-electron chi connectivity index (χ1n) is 6.64. The molecule has 4 nitrogen and oxygen atoms in total. The number of carbonyl (C=O) groups excluding carboxylic acids is 1. The van der Waals surface area contributed by atoms with Crippen LogP contribution in [0.1, 0.15) is 34.8 Å². The first-order chi connectivity index (χ1) is 9.41. The number of amides is 1. The summed E-state index contributed by atoms with van der Waals surface area (Å²) in [4.78, 5) is 14.1. The van der Waals surface area contributed by atoms with Crippen LogP contribution in [0.2, 0.25) is 0 Å². The third-order valence-electron chi connectivity index (χ3n) is 3.38. The second kappa shape index (κ2) is 5.66. The molecule has 2 rings (SSSR count). The second-order valence-corrected chi connectivity index (χ2v) is 5.52. The van der Waals surface area contributed by atoms with Gasteiger partial charge in [-0.2, -0.15) is 0 Å². The van der Waals surface area contributed by atoms with Crippen molar-refractivity contribution >= 4 is 5.91 Å². The Morgan fingerprint density at radius 3 is 2.80 bits per heavy atom. The maximum absolute atomic E-state index is 12.4. The summed E-state index contributed by atoms with van der Waals surface area (Å²) in [5.74, 6) is 5.31. The van der Waals surface area contributed by atoms with Gasteiger partial charge in [-0.1, -0.05) is 11.8 Å². The van der Waals surface area contributed by atoms with Gasteiger partial charge in [0.25, 0.3) is 5.91 Å². The summed E-state index contributed by atoms with van der Waals surface area (Å²) < 4.78 is 0. The Hall–Kier alpha value is -1.83. The summed E-state index contributed by atoms with van der Waals surface area (Å²) in [6.45, 7) is 4.37. The third-order valence-corrected chi connectivity index (χ3v) is 3.38. The van der Waals surface area contributed by atoms with E-state index < -0.39 is 5.60 Å². The van der Waals surface area contributed by atoms with Crippen molar-refractivity contribution in [2.24, 2.45) is 0 Å². The minimum Gasteiger partial charge on any atom is -0.388 e. The first kappa shape index (κ1) is 14.6. The molecule has 2 N–H and O–H groups in total. The van der Waals surface area contributed by atoms with Gasteiger partial charge >= 0.3 is 0 Å². The van der Waals surface area contributed by atoms with Gasteiger partial charge in [-0.25, -0.2) is 0 Å². The van der Waals surface area contributed by atoms with Crippen LogP contribution in [0.4, 0.5) is 0 Å². The fourth-order valence-electron chi connectivity index (χ4n) is 2.42. The number of hydrogen-bond acceptors (Lipinski definition) is 3. The Balaban J connectivity index is 2.24. The van der Waals surface area contributed by atoms with E-state index >= 15 is 0 Å². The van der Waals surface area contributed by atoms with E-state index in [2.05, 4.69) is 11.8 Å². The predicted molar refractivity (Wildman–Crippen MR) is 76.3 cm³/mol. The van der Waals surface area contributed by atoms with E-state index in [9.17, 15) is 9.90 Å². The van der Waals surface area contributed by atoms with E-state index in [4.69, 9.17) is 5.11 Å². The predicted octanol–water partition coefficient (Wildman–Crippen LogP) is 0.936. The van der Waals surface area contributed by atoms with Crippen LogP contribution < -0.4 is 0 Å². The molecule has 1 atom stereocenters. The molecule has 0 aromatic heterocycles. The van der Waals surface area contributed by atoms with Crippen molar-refractivity contribution in [1.82, 2.24) is 4.90 Å². The highest BCUT2D eigenvalue weighted by atomic mass is 16.3. The Morgan fingerprint density at radius 2 is 2.20 bits per heavy atom. The zero-order valence-corrected chi connectivity index (χ0v) is 11.8. The van der Waals surface area contributed by atoms with Crippen LogP contribution in [0.15, 0.2) is 18.2 Å². The molecular formula is C16H19NO3. The molecule has 1 heterocycles. The smallest absolute Gasteiger partial charge is 0.254 e. The van der Waals surface area contributed by atoms with E-state index in [1.807, 2.05) is 19.1 Å². The highest BCUT2D eigenvalue weighted by Gasteiger charge is 2.34. The summed E-state index contributed by atoms with van der Waals surface area (Å²) >= 11 is 0. The number of carbonyl (C=O) groups is 1. The molecule has 1 aromatic rings. The normalized spacial score (nSPS) is 21.5. The number of aliphatic hydroxyl groups excluding tert-OH is 1. The largest absolute Gasteiger partial charge is 0.388 e. The van der Waals surface area contributed by atoms with E-state index in [0.717, 1.165) is 5.56 Å². The average Bonchev–Trinajstić information content (AvgIpc) is 2.75. The lowest BCUT2D eigenvalue weighted by molar-refractivity contribution is 0.0572. The summed E-state index contributed by atoms with van der Waals surface area (Å²) in [5, 5.41) is 18.7. The van der Waals surface area contributed by atoms with Gasteiger partial charge in [0.2, 0.25) is 0 Å². The van der Waals surface area contributed by atoms with Crippen molar-refractivity contribution < 1.29 is 15.0 Å². The van der Waals surface area contributed by atoms with E-state index in [1.54, 1.807) is 17.9 Å². The van der Waals surface area contributed by atoms with Crippen molar-refractivity contribution in [1.29, 1.82) is 0 Å². The molecule has 20 heavy (non-hydrogen) atoms.